The Morgan fingerprint density at radius 1 is 1.25 bits per heavy atom. The average Bonchev–Trinajstić information content (AvgIpc) is 2.35. The van der Waals surface area contributed by atoms with Gasteiger partial charge in [-0.2, -0.15) is 0 Å². The van der Waals surface area contributed by atoms with E-state index in [1.54, 1.807) is 0 Å². The van der Waals surface area contributed by atoms with Crippen LogP contribution in [0.15, 0.2) is 0 Å². The highest BCUT2D eigenvalue weighted by Gasteiger charge is 2.30. The molecule has 16 heavy (non-hydrogen) atoms. The van der Waals surface area contributed by atoms with E-state index in [1.807, 2.05) is 6.92 Å². The second kappa shape index (κ2) is 7.25. The monoisotopic (exact) mass is 229 g/mol. The van der Waals surface area contributed by atoms with Gasteiger partial charge >= 0.3 is 0 Å². The minimum atomic E-state index is -0.177. The van der Waals surface area contributed by atoms with Crippen LogP contribution >= 0.6 is 0 Å². The van der Waals surface area contributed by atoms with Crippen LogP contribution in [-0.4, -0.2) is 36.0 Å². The van der Waals surface area contributed by atoms with Gasteiger partial charge in [0.25, 0.3) is 0 Å². The Morgan fingerprint density at radius 2 is 1.94 bits per heavy atom. The third-order valence-corrected chi connectivity index (χ3v) is 3.88. The number of hydrogen-bond acceptors (Lipinski definition) is 3. The molecule has 0 aromatic rings. The Labute approximate surface area is 99.3 Å². The first-order valence-corrected chi connectivity index (χ1v) is 6.72. The van der Waals surface area contributed by atoms with Crippen LogP contribution in [0.2, 0.25) is 0 Å². The lowest BCUT2D eigenvalue weighted by Gasteiger charge is -2.35. The third kappa shape index (κ3) is 4.40. The van der Waals surface area contributed by atoms with Crippen molar-refractivity contribution in [2.24, 2.45) is 5.41 Å². The van der Waals surface area contributed by atoms with Crippen molar-refractivity contribution >= 4 is 0 Å². The molecule has 1 aliphatic rings. The summed E-state index contributed by atoms with van der Waals surface area (Å²) in [6.07, 6.45) is 7.57. The summed E-state index contributed by atoms with van der Waals surface area (Å²) in [6, 6.07) is 0. The fourth-order valence-corrected chi connectivity index (χ4v) is 2.52. The van der Waals surface area contributed by atoms with Gasteiger partial charge in [-0.05, 0) is 32.2 Å². The number of aliphatic hydroxyl groups excluding tert-OH is 2. The largest absolute Gasteiger partial charge is 0.396 e. The van der Waals surface area contributed by atoms with Crippen molar-refractivity contribution in [1.29, 1.82) is 0 Å². The van der Waals surface area contributed by atoms with Gasteiger partial charge in [0.1, 0.15) is 0 Å². The summed E-state index contributed by atoms with van der Waals surface area (Å²) < 4.78 is 0. The zero-order valence-electron chi connectivity index (χ0n) is 10.5. The molecule has 0 aliphatic heterocycles. The molecule has 1 rings (SSSR count). The first-order valence-electron chi connectivity index (χ1n) is 6.72. The minimum absolute atomic E-state index is 0.120. The fourth-order valence-electron chi connectivity index (χ4n) is 2.52. The summed E-state index contributed by atoms with van der Waals surface area (Å²) in [5, 5.41) is 22.3. The van der Waals surface area contributed by atoms with Gasteiger partial charge in [0.05, 0.1) is 6.10 Å². The summed E-state index contributed by atoms with van der Waals surface area (Å²) in [7, 11) is 0. The van der Waals surface area contributed by atoms with Crippen LogP contribution in [0.1, 0.15) is 51.9 Å². The van der Waals surface area contributed by atoms with Crippen molar-refractivity contribution in [3.8, 4) is 0 Å². The lowest BCUT2D eigenvalue weighted by atomic mass is 9.74. The second-order valence-corrected chi connectivity index (χ2v) is 5.25. The zero-order valence-corrected chi connectivity index (χ0v) is 10.5. The summed E-state index contributed by atoms with van der Waals surface area (Å²) in [6.45, 7) is 4.06. The Balaban J connectivity index is 2.18. The van der Waals surface area contributed by atoms with Crippen molar-refractivity contribution in [3.05, 3.63) is 0 Å². The molecule has 0 spiro atoms. The van der Waals surface area contributed by atoms with Gasteiger partial charge in [0.2, 0.25) is 0 Å². The van der Waals surface area contributed by atoms with Gasteiger partial charge < -0.3 is 15.5 Å². The molecule has 1 atom stereocenters. The highest BCUT2D eigenvalue weighted by molar-refractivity contribution is 4.84. The maximum absolute atomic E-state index is 9.51. The molecular formula is C13H27NO2. The van der Waals surface area contributed by atoms with E-state index in [2.05, 4.69) is 5.32 Å². The molecular weight excluding hydrogens is 202 g/mol. The fraction of sp³-hybridized carbons (Fsp3) is 1.00. The van der Waals surface area contributed by atoms with Crippen molar-refractivity contribution in [3.63, 3.8) is 0 Å². The summed E-state index contributed by atoms with van der Waals surface area (Å²) in [4.78, 5) is 0. The predicted octanol–water partition coefficient (Wildman–Crippen LogP) is 1.68. The Hall–Kier alpha value is -0.120. The third-order valence-electron chi connectivity index (χ3n) is 3.88. The quantitative estimate of drug-likeness (QED) is 0.582. The van der Waals surface area contributed by atoms with Crippen LogP contribution in [0.3, 0.4) is 0 Å². The number of nitrogens with one attached hydrogen (secondary N) is 1. The summed E-state index contributed by atoms with van der Waals surface area (Å²) in [5.41, 5.74) is 0.120. The number of rotatable bonds is 7. The molecule has 0 heterocycles. The van der Waals surface area contributed by atoms with Crippen LogP contribution in [0.4, 0.5) is 0 Å². The molecule has 3 nitrogen and oxygen atoms in total. The normalized spacial score (nSPS) is 21.9. The molecule has 96 valence electrons. The minimum Gasteiger partial charge on any atom is -0.396 e. The SMILES string of the molecule is CCC(O)CCNCC1(CO)CCCCC1. The van der Waals surface area contributed by atoms with Crippen molar-refractivity contribution in [1.82, 2.24) is 5.32 Å². The smallest absolute Gasteiger partial charge is 0.0549 e. The molecule has 0 bridgehead atoms. The van der Waals surface area contributed by atoms with Gasteiger partial charge in [0.15, 0.2) is 0 Å². The molecule has 0 amide bonds. The molecule has 3 heteroatoms. The van der Waals surface area contributed by atoms with E-state index >= 15 is 0 Å². The molecule has 0 aromatic heterocycles. The van der Waals surface area contributed by atoms with Gasteiger partial charge in [-0.1, -0.05) is 26.2 Å². The van der Waals surface area contributed by atoms with E-state index < -0.39 is 0 Å². The van der Waals surface area contributed by atoms with Gasteiger partial charge in [0, 0.05) is 18.6 Å². The second-order valence-electron chi connectivity index (χ2n) is 5.25. The maximum atomic E-state index is 9.51. The van der Waals surface area contributed by atoms with Gasteiger partial charge in [-0.25, -0.2) is 0 Å². The van der Waals surface area contributed by atoms with E-state index in [4.69, 9.17) is 0 Å². The topological polar surface area (TPSA) is 52.5 Å². The molecule has 3 N–H and O–H groups in total. The lowest BCUT2D eigenvalue weighted by Crippen LogP contribution is -2.39. The summed E-state index contributed by atoms with van der Waals surface area (Å²) >= 11 is 0. The first-order chi connectivity index (χ1) is 7.72. The predicted molar refractivity (Wildman–Crippen MR) is 66.4 cm³/mol. The van der Waals surface area contributed by atoms with Gasteiger partial charge in [-0.3, -0.25) is 0 Å². The molecule has 0 aromatic carbocycles. The van der Waals surface area contributed by atoms with Crippen LogP contribution in [-0.2, 0) is 0 Å². The van der Waals surface area contributed by atoms with Crippen LogP contribution in [0.25, 0.3) is 0 Å². The van der Waals surface area contributed by atoms with Crippen LogP contribution < -0.4 is 5.32 Å². The molecule has 1 saturated carbocycles. The van der Waals surface area contributed by atoms with E-state index in [0.29, 0.717) is 6.61 Å². The van der Waals surface area contributed by atoms with Crippen molar-refractivity contribution < 1.29 is 10.2 Å². The maximum Gasteiger partial charge on any atom is 0.0549 e. The van der Waals surface area contributed by atoms with E-state index in [9.17, 15) is 10.2 Å². The Bertz CT molecular complexity index is 179. The number of hydrogen-bond donors (Lipinski definition) is 3. The Kier molecular flexibility index (Phi) is 6.32. The Morgan fingerprint density at radius 3 is 2.50 bits per heavy atom. The van der Waals surface area contributed by atoms with Crippen LogP contribution in [0.5, 0.6) is 0 Å². The molecule has 0 radical (unpaired) electrons. The molecule has 1 fully saturated rings. The molecule has 1 unspecified atom stereocenters. The summed E-state index contributed by atoms with van der Waals surface area (Å²) in [5.74, 6) is 0. The molecule has 0 saturated heterocycles. The van der Waals surface area contributed by atoms with Crippen molar-refractivity contribution in [2.75, 3.05) is 19.7 Å². The van der Waals surface area contributed by atoms with Crippen molar-refractivity contribution in [2.45, 2.75) is 58.0 Å². The lowest BCUT2D eigenvalue weighted by molar-refractivity contribution is 0.0795. The first kappa shape index (κ1) is 13.9. The van der Waals surface area contributed by atoms with Gasteiger partial charge in [-0.15, -0.1) is 0 Å². The highest BCUT2D eigenvalue weighted by atomic mass is 16.3. The molecule has 1 aliphatic carbocycles. The average molecular weight is 229 g/mol. The number of aliphatic hydroxyl groups is 2. The van der Waals surface area contributed by atoms with E-state index in [-0.39, 0.29) is 11.5 Å². The van der Waals surface area contributed by atoms with E-state index in [1.165, 1.54) is 19.3 Å². The highest BCUT2D eigenvalue weighted by Crippen LogP contribution is 2.35. The standard InChI is InChI=1S/C13H27NO2/c1-2-12(16)6-9-14-10-13(11-15)7-4-3-5-8-13/h12,14-16H,2-11H2,1H3. The zero-order chi connectivity index (χ0) is 11.9. The van der Waals surface area contributed by atoms with Crippen LogP contribution in [0, 0.1) is 5.41 Å². The van der Waals surface area contributed by atoms with E-state index in [0.717, 1.165) is 38.8 Å².